The molecule has 1 aliphatic rings. The summed E-state index contributed by atoms with van der Waals surface area (Å²) in [5, 5.41) is 0.172. The largest absolute Gasteiger partial charge is 0.449 e. The van der Waals surface area contributed by atoms with Gasteiger partial charge in [0.15, 0.2) is 8.32 Å². The first-order valence-corrected chi connectivity index (χ1v) is 11.3. The van der Waals surface area contributed by atoms with Crippen LogP contribution in [0, 0.1) is 0 Å². The summed E-state index contributed by atoms with van der Waals surface area (Å²) in [6, 6.07) is 0.0175. The molecular weight excluding hydrogens is 294 g/mol. The lowest BCUT2D eigenvalue weighted by Crippen LogP contribution is -2.44. The zero-order valence-corrected chi connectivity index (χ0v) is 16.1. The van der Waals surface area contributed by atoms with Crippen LogP contribution in [-0.4, -0.2) is 44.6 Å². The molecule has 0 unspecified atom stereocenters. The van der Waals surface area contributed by atoms with Gasteiger partial charge in [-0.25, -0.2) is 4.79 Å². The Bertz CT molecular complexity index is 390. The lowest BCUT2D eigenvalue weighted by molar-refractivity contribution is 0.0973. The number of likely N-dealkylation sites (tertiary alicyclic amines) is 1. The number of carbonyl (C=O) groups excluding carboxylic acids is 1. The topological polar surface area (TPSA) is 38.8 Å². The van der Waals surface area contributed by atoms with Crippen molar-refractivity contribution in [3.05, 3.63) is 12.7 Å². The quantitative estimate of drug-likeness (QED) is 0.407. The molecule has 0 N–H and O–H groups in total. The smallest absolute Gasteiger partial charge is 0.410 e. The third-order valence-electron chi connectivity index (χ3n) is 4.80. The molecule has 0 radical (unpaired) electrons. The molecule has 0 aromatic heterocycles. The van der Waals surface area contributed by atoms with Gasteiger partial charge < -0.3 is 9.16 Å². The molecule has 0 aliphatic carbocycles. The molecule has 22 heavy (non-hydrogen) atoms. The Morgan fingerprint density at radius 2 is 2.05 bits per heavy atom. The molecule has 1 amide bonds. The van der Waals surface area contributed by atoms with Crippen LogP contribution >= 0.6 is 0 Å². The summed E-state index contributed by atoms with van der Waals surface area (Å²) in [5.41, 5.74) is 0. The number of nitrogens with zero attached hydrogens (tertiary/aromatic N) is 1. The molecule has 128 valence electrons. The van der Waals surface area contributed by atoms with Crippen molar-refractivity contribution in [1.82, 2.24) is 4.90 Å². The molecule has 1 aliphatic heterocycles. The predicted molar refractivity (Wildman–Crippen MR) is 93.6 cm³/mol. The highest BCUT2D eigenvalue weighted by Crippen LogP contribution is 2.39. The number of hydrogen-bond acceptors (Lipinski definition) is 3. The van der Waals surface area contributed by atoms with Gasteiger partial charge in [-0.3, -0.25) is 4.90 Å². The lowest BCUT2D eigenvalue weighted by atomic mass is 10.2. The highest BCUT2D eigenvalue weighted by Gasteiger charge is 2.43. The Hall–Kier alpha value is -0.813. The summed E-state index contributed by atoms with van der Waals surface area (Å²) < 4.78 is 11.8. The van der Waals surface area contributed by atoms with Crippen LogP contribution in [-0.2, 0) is 9.16 Å². The molecule has 1 fully saturated rings. The highest BCUT2D eigenvalue weighted by molar-refractivity contribution is 6.74. The Labute approximate surface area is 137 Å². The van der Waals surface area contributed by atoms with E-state index in [-0.39, 0.29) is 23.3 Å². The molecule has 4 nitrogen and oxygen atoms in total. The van der Waals surface area contributed by atoms with Gasteiger partial charge in [0.05, 0.1) is 18.8 Å². The molecule has 5 heteroatoms. The van der Waals surface area contributed by atoms with Crippen molar-refractivity contribution in [3.8, 4) is 0 Å². The number of hydrogen-bond donors (Lipinski definition) is 0. The standard InChI is InChI=1S/C17H33NO3Si/c1-8-10-11-20-16(19)18-13-15(12-14(18)9-2)21-22(6,7)17(3,4)5/h9,14-15H,2,8,10-13H2,1,3-7H3/t14-,15-/m1/s1. The Morgan fingerprint density at radius 1 is 1.41 bits per heavy atom. The van der Waals surface area contributed by atoms with Gasteiger partial charge in [0.25, 0.3) is 0 Å². The third-order valence-corrected chi connectivity index (χ3v) is 9.34. The minimum atomic E-state index is -1.82. The van der Waals surface area contributed by atoms with Gasteiger partial charge in [-0.1, -0.05) is 40.2 Å². The zero-order chi connectivity index (χ0) is 17.0. The Balaban J connectivity index is 2.65. The van der Waals surface area contributed by atoms with Gasteiger partial charge in [0.1, 0.15) is 0 Å². The van der Waals surface area contributed by atoms with Crippen LogP contribution in [0.3, 0.4) is 0 Å². The molecule has 1 rings (SSSR count). The van der Waals surface area contributed by atoms with Gasteiger partial charge in [0, 0.05) is 6.54 Å². The third kappa shape index (κ3) is 4.85. The SMILES string of the molecule is C=C[C@@H]1C[C@@H](O[Si](C)(C)C(C)(C)C)CN1C(=O)OCCCC. The Kier molecular flexibility index (Phi) is 6.68. The fraction of sp³-hybridized carbons (Fsp3) is 0.824. The number of amides is 1. The van der Waals surface area contributed by atoms with Gasteiger partial charge >= 0.3 is 6.09 Å². The first-order chi connectivity index (χ1) is 10.1. The van der Waals surface area contributed by atoms with E-state index in [9.17, 15) is 4.79 Å². The first kappa shape index (κ1) is 19.2. The van der Waals surface area contributed by atoms with Crippen molar-refractivity contribution < 1.29 is 14.0 Å². The van der Waals surface area contributed by atoms with Gasteiger partial charge in [-0.05, 0) is 31.0 Å². The van der Waals surface area contributed by atoms with Crippen molar-refractivity contribution in [2.45, 2.75) is 77.2 Å². The summed E-state index contributed by atoms with van der Waals surface area (Å²) in [7, 11) is -1.82. The average molecular weight is 328 g/mol. The summed E-state index contributed by atoms with van der Waals surface area (Å²) in [6.45, 7) is 18.2. The summed E-state index contributed by atoms with van der Waals surface area (Å²) in [4.78, 5) is 14.0. The van der Waals surface area contributed by atoms with E-state index in [0.717, 1.165) is 19.3 Å². The van der Waals surface area contributed by atoms with Gasteiger partial charge in [-0.2, -0.15) is 0 Å². The van der Waals surface area contributed by atoms with E-state index < -0.39 is 8.32 Å². The molecule has 0 saturated carbocycles. The van der Waals surface area contributed by atoms with Crippen LogP contribution in [0.2, 0.25) is 18.1 Å². The molecule has 0 aromatic rings. The van der Waals surface area contributed by atoms with Crippen LogP contribution in [0.1, 0.15) is 47.0 Å². The van der Waals surface area contributed by atoms with Crippen LogP contribution < -0.4 is 0 Å². The van der Waals surface area contributed by atoms with Crippen LogP contribution in [0.15, 0.2) is 12.7 Å². The number of unbranched alkanes of at least 4 members (excludes halogenated alkanes) is 1. The van der Waals surface area contributed by atoms with Crippen LogP contribution in [0.25, 0.3) is 0 Å². The molecular formula is C17H33NO3Si. The van der Waals surface area contributed by atoms with Crippen molar-refractivity contribution in [1.29, 1.82) is 0 Å². The first-order valence-electron chi connectivity index (χ1n) is 8.36. The molecule has 1 saturated heterocycles. The van der Waals surface area contributed by atoms with Gasteiger partial charge in [-0.15, -0.1) is 6.58 Å². The molecule has 0 spiro atoms. The zero-order valence-electron chi connectivity index (χ0n) is 15.1. The second kappa shape index (κ2) is 7.64. The number of carbonyl (C=O) groups is 1. The molecule has 0 aromatic carbocycles. The van der Waals surface area contributed by atoms with Crippen molar-refractivity contribution >= 4 is 14.4 Å². The summed E-state index contributed by atoms with van der Waals surface area (Å²) in [6.07, 6.45) is 4.43. The van der Waals surface area contributed by atoms with Crippen molar-refractivity contribution in [2.75, 3.05) is 13.2 Å². The molecule has 0 bridgehead atoms. The lowest BCUT2D eigenvalue weighted by Gasteiger charge is -2.38. The second-order valence-electron chi connectivity index (χ2n) is 7.66. The molecule has 1 heterocycles. The highest BCUT2D eigenvalue weighted by atomic mass is 28.4. The van der Waals surface area contributed by atoms with Crippen molar-refractivity contribution in [3.63, 3.8) is 0 Å². The normalized spacial score (nSPS) is 22.7. The van der Waals surface area contributed by atoms with Crippen LogP contribution in [0.4, 0.5) is 4.79 Å². The van der Waals surface area contributed by atoms with Gasteiger partial charge in [0.2, 0.25) is 0 Å². The Morgan fingerprint density at radius 3 is 2.55 bits per heavy atom. The minimum Gasteiger partial charge on any atom is -0.449 e. The maximum atomic E-state index is 12.2. The van der Waals surface area contributed by atoms with E-state index in [1.807, 2.05) is 6.08 Å². The van der Waals surface area contributed by atoms with E-state index in [4.69, 9.17) is 9.16 Å². The van der Waals surface area contributed by atoms with E-state index in [2.05, 4.69) is 47.4 Å². The minimum absolute atomic E-state index is 0.0175. The predicted octanol–water partition coefficient (Wildman–Crippen LogP) is 4.57. The van der Waals surface area contributed by atoms with Crippen molar-refractivity contribution in [2.24, 2.45) is 0 Å². The monoisotopic (exact) mass is 327 g/mol. The van der Waals surface area contributed by atoms with E-state index in [1.54, 1.807) is 4.90 Å². The molecule has 2 atom stereocenters. The number of ether oxygens (including phenoxy) is 1. The maximum Gasteiger partial charge on any atom is 0.410 e. The fourth-order valence-corrected chi connectivity index (χ4v) is 3.68. The van der Waals surface area contributed by atoms with Crippen LogP contribution in [0.5, 0.6) is 0 Å². The van der Waals surface area contributed by atoms with E-state index in [1.165, 1.54) is 0 Å². The number of rotatable bonds is 6. The maximum absolute atomic E-state index is 12.2. The van der Waals surface area contributed by atoms with E-state index in [0.29, 0.717) is 13.2 Å². The van der Waals surface area contributed by atoms with E-state index >= 15 is 0 Å². The summed E-state index contributed by atoms with van der Waals surface area (Å²) >= 11 is 0. The summed E-state index contributed by atoms with van der Waals surface area (Å²) in [5.74, 6) is 0. The average Bonchev–Trinajstić information content (AvgIpc) is 2.80. The second-order valence-corrected chi connectivity index (χ2v) is 12.4. The fourth-order valence-electron chi connectivity index (χ4n) is 2.32.